The third-order valence-electron chi connectivity index (χ3n) is 4.33. The number of hydrogen-bond donors (Lipinski definition) is 3. The van der Waals surface area contributed by atoms with Gasteiger partial charge in [-0.1, -0.05) is 18.2 Å². The molecule has 3 rings (SSSR count). The van der Waals surface area contributed by atoms with Gasteiger partial charge in [-0.2, -0.15) is 0 Å². The zero-order valence-electron chi connectivity index (χ0n) is 14.7. The molecule has 3 N–H and O–H groups in total. The number of rotatable bonds is 7. The predicted octanol–water partition coefficient (Wildman–Crippen LogP) is 0.782. The van der Waals surface area contributed by atoms with Crippen molar-refractivity contribution in [3.05, 3.63) is 36.0 Å². The van der Waals surface area contributed by atoms with Crippen molar-refractivity contribution in [1.29, 1.82) is 0 Å². The van der Waals surface area contributed by atoms with E-state index in [9.17, 15) is 14.4 Å². The highest BCUT2D eigenvalue weighted by atomic mass is 16.5. The van der Waals surface area contributed by atoms with Crippen LogP contribution in [0.2, 0.25) is 0 Å². The van der Waals surface area contributed by atoms with Gasteiger partial charge in [0.05, 0.1) is 6.61 Å². The zero-order chi connectivity index (χ0) is 18.7. The van der Waals surface area contributed by atoms with E-state index in [1.165, 1.54) is 7.11 Å². The molecular formula is C18H22N4O4. The van der Waals surface area contributed by atoms with Gasteiger partial charge in [0.1, 0.15) is 12.6 Å². The number of nitrogens with one attached hydrogen (secondary N) is 3. The Hall–Kier alpha value is -2.87. The van der Waals surface area contributed by atoms with Crippen LogP contribution in [0, 0.1) is 0 Å². The van der Waals surface area contributed by atoms with Gasteiger partial charge >= 0.3 is 6.03 Å². The fourth-order valence-electron chi connectivity index (χ4n) is 3.14. The number of H-pyrrole nitrogens is 1. The Bertz CT molecular complexity index is 831. The van der Waals surface area contributed by atoms with Gasteiger partial charge in [0.15, 0.2) is 0 Å². The van der Waals surface area contributed by atoms with Gasteiger partial charge in [-0.25, -0.2) is 4.79 Å². The molecule has 138 valence electrons. The second-order valence-electron chi connectivity index (χ2n) is 6.41. The molecule has 1 saturated heterocycles. The number of carbonyl (C=O) groups is 3. The van der Waals surface area contributed by atoms with Gasteiger partial charge in [0.25, 0.3) is 5.91 Å². The number of aromatic nitrogens is 1. The van der Waals surface area contributed by atoms with E-state index in [0.29, 0.717) is 13.0 Å². The van der Waals surface area contributed by atoms with Crippen LogP contribution in [0.4, 0.5) is 4.79 Å². The lowest BCUT2D eigenvalue weighted by molar-refractivity contribution is -0.132. The van der Waals surface area contributed by atoms with E-state index in [0.717, 1.165) is 21.4 Å². The molecule has 26 heavy (non-hydrogen) atoms. The van der Waals surface area contributed by atoms with Crippen LogP contribution in [0.5, 0.6) is 0 Å². The van der Waals surface area contributed by atoms with Crippen LogP contribution in [-0.2, 0) is 20.7 Å². The smallest absolute Gasteiger partial charge is 0.325 e. The number of benzene rings is 1. The number of hydrogen-bond acceptors (Lipinski definition) is 4. The van der Waals surface area contributed by atoms with Crippen LogP contribution >= 0.6 is 0 Å². The summed E-state index contributed by atoms with van der Waals surface area (Å²) in [5, 5.41) is 6.36. The van der Waals surface area contributed by atoms with Crippen LogP contribution in [0.1, 0.15) is 12.5 Å². The quantitative estimate of drug-likeness (QED) is 0.636. The summed E-state index contributed by atoms with van der Waals surface area (Å²) in [6.45, 7) is 1.84. The lowest BCUT2D eigenvalue weighted by atomic mass is 10.1. The number of methoxy groups -OCH3 is 1. The Balaban J connectivity index is 1.64. The van der Waals surface area contributed by atoms with Crippen molar-refractivity contribution < 1.29 is 19.1 Å². The van der Waals surface area contributed by atoms with Gasteiger partial charge in [-0.3, -0.25) is 14.5 Å². The van der Waals surface area contributed by atoms with Crippen LogP contribution in [0.25, 0.3) is 10.9 Å². The first-order valence-corrected chi connectivity index (χ1v) is 8.44. The molecule has 0 unspecified atom stereocenters. The minimum atomic E-state index is -0.675. The molecule has 8 heteroatoms. The van der Waals surface area contributed by atoms with E-state index >= 15 is 0 Å². The lowest BCUT2D eigenvalue weighted by Crippen LogP contribution is -2.45. The van der Waals surface area contributed by atoms with E-state index in [2.05, 4.69) is 15.6 Å². The third-order valence-corrected chi connectivity index (χ3v) is 4.33. The number of carbonyl (C=O) groups excluding carboxylic acids is 3. The molecule has 4 amide bonds. The molecule has 0 aliphatic carbocycles. The summed E-state index contributed by atoms with van der Waals surface area (Å²) in [7, 11) is 1.54. The summed E-state index contributed by atoms with van der Waals surface area (Å²) in [5.41, 5.74) is 1.92. The highest BCUT2D eigenvalue weighted by Crippen LogP contribution is 2.21. The van der Waals surface area contributed by atoms with Crippen molar-refractivity contribution in [2.24, 2.45) is 0 Å². The van der Waals surface area contributed by atoms with E-state index in [-0.39, 0.29) is 12.6 Å². The largest absolute Gasteiger partial charge is 0.383 e. The van der Waals surface area contributed by atoms with Crippen LogP contribution in [0.15, 0.2) is 30.5 Å². The zero-order valence-corrected chi connectivity index (χ0v) is 14.7. The maximum absolute atomic E-state index is 12.6. The Morgan fingerprint density at radius 2 is 2.12 bits per heavy atom. The van der Waals surface area contributed by atoms with E-state index in [1.54, 1.807) is 6.92 Å². The second-order valence-corrected chi connectivity index (χ2v) is 6.41. The lowest BCUT2D eigenvalue weighted by Gasteiger charge is -2.16. The van der Waals surface area contributed by atoms with Crippen molar-refractivity contribution in [3.8, 4) is 0 Å². The van der Waals surface area contributed by atoms with E-state index in [1.807, 2.05) is 30.5 Å². The first kappa shape index (κ1) is 17.9. The van der Waals surface area contributed by atoms with Gasteiger partial charge < -0.3 is 20.4 Å². The molecule has 0 radical (unpaired) electrons. The summed E-state index contributed by atoms with van der Waals surface area (Å²) in [5.74, 6) is -0.791. The number of fused-ring (bicyclic) bond motifs is 1. The van der Waals surface area contributed by atoms with Crippen molar-refractivity contribution in [2.45, 2.75) is 25.4 Å². The maximum atomic E-state index is 12.6. The second kappa shape index (κ2) is 7.57. The van der Waals surface area contributed by atoms with Gasteiger partial charge in [0.2, 0.25) is 5.91 Å². The van der Waals surface area contributed by atoms with Gasteiger partial charge in [-0.05, 0) is 18.6 Å². The highest BCUT2D eigenvalue weighted by molar-refractivity contribution is 6.06. The van der Waals surface area contributed by atoms with Crippen molar-refractivity contribution in [2.75, 3.05) is 20.3 Å². The van der Waals surface area contributed by atoms with Gasteiger partial charge in [0, 0.05) is 36.7 Å². The highest BCUT2D eigenvalue weighted by Gasteiger charge is 2.39. The molecule has 8 nitrogen and oxygen atoms in total. The van der Waals surface area contributed by atoms with Crippen LogP contribution in [0.3, 0.4) is 0 Å². The number of urea groups is 1. The topological polar surface area (TPSA) is 104 Å². The number of aromatic amines is 1. The summed E-state index contributed by atoms with van der Waals surface area (Å²) >= 11 is 0. The number of amides is 4. The molecular weight excluding hydrogens is 336 g/mol. The van der Waals surface area contributed by atoms with Gasteiger partial charge in [-0.15, -0.1) is 0 Å². The number of ether oxygens (including phenoxy) is 1. The molecule has 2 heterocycles. The molecule has 0 bridgehead atoms. The predicted molar refractivity (Wildman–Crippen MR) is 95.5 cm³/mol. The molecule has 1 aromatic carbocycles. The minimum absolute atomic E-state index is 0.199. The van der Waals surface area contributed by atoms with Crippen molar-refractivity contribution in [1.82, 2.24) is 20.5 Å². The third kappa shape index (κ3) is 3.70. The Morgan fingerprint density at radius 3 is 2.88 bits per heavy atom. The average Bonchev–Trinajstić information content (AvgIpc) is 3.12. The van der Waals surface area contributed by atoms with Crippen molar-refractivity contribution in [3.63, 3.8) is 0 Å². The van der Waals surface area contributed by atoms with Crippen LogP contribution in [-0.4, -0.2) is 60.1 Å². The molecule has 2 aromatic rings. The minimum Gasteiger partial charge on any atom is -0.383 e. The Labute approximate surface area is 150 Å². The number of para-hydroxylation sites is 1. The standard InChI is InChI=1S/C18H22N4O4/c1-11(10-26-2)20-16(23)9-22-17(24)15(21-18(22)25)7-12-8-19-14-6-4-3-5-13(12)14/h3-6,8,11,15,19H,7,9-10H2,1-2H3,(H,20,23)(H,21,25)/t11-,15+/m0/s1. The molecule has 0 spiro atoms. The summed E-state index contributed by atoms with van der Waals surface area (Å²) in [6, 6.07) is 6.34. The Morgan fingerprint density at radius 1 is 1.35 bits per heavy atom. The van der Waals surface area contributed by atoms with E-state index < -0.39 is 23.9 Å². The summed E-state index contributed by atoms with van der Waals surface area (Å²) in [4.78, 5) is 40.8. The normalized spacial score (nSPS) is 18.2. The first-order valence-electron chi connectivity index (χ1n) is 8.44. The maximum Gasteiger partial charge on any atom is 0.325 e. The number of nitrogens with zero attached hydrogens (tertiary/aromatic N) is 1. The Kier molecular flexibility index (Phi) is 5.22. The SMILES string of the molecule is COC[C@H](C)NC(=O)CN1C(=O)N[C@H](Cc2c[nH]c3ccccc23)C1=O. The van der Waals surface area contributed by atoms with E-state index in [4.69, 9.17) is 4.74 Å². The molecule has 1 aliphatic rings. The summed E-state index contributed by atoms with van der Waals surface area (Å²) < 4.78 is 4.95. The first-order chi connectivity index (χ1) is 12.5. The molecule has 1 aliphatic heterocycles. The molecule has 0 saturated carbocycles. The number of imide groups is 1. The van der Waals surface area contributed by atoms with Crippen LogP contribution < -0.4 is 10.6 Å². The average molecular weight is 358 g/mol. The molecule has 1 aromatic heterocycles. The monoisotopic (exact) mass is 358 g/mol. The molecule has 2 atom stereocenters. The fraction of sp³-hybridized carbons (Fsp3) is 0.389. The molecule has 1 fully saturated rings. The summed E-state index contributed by atoms with van der Waals surface area (Å²) in [6.07, 6.45) is 2.21. The fourth-order valence-corrected chi connectivity index (χ4v) is 3.14. The van der Waals surface area contributed by atoms with Crippen molar-refractivity contribution >= 4 is 28.7 Å².